The number of carbonyl (C=O) groups is 1. The van der Waals surface area contributed by atoms with Crippen LogP contribution >= 0.6 is 24.0 Å². The quantitative estimate of drug-likeness (QED) is 0.335. The third-order valence-electron chi connectivity index (χ3n) is 3.38. The molecule has 1 aromatic heterocycles. The van der Waals surface area contributed by atoms with Gasteiger partial charge in [0.25, 0.3) is 0 Å². The smallest absolute Gasteiger partial charge is 0.246 e. The lowest BCUT2D eigenvalue weighted by Gasteiger charge is -2.16. The molecule has 0 unspecified atom stereocenters. The highest BCUT2D eigenvalue weighted by Crippen LogP contribution is 2.05. The second-order valence-electron chi connectivity index (χ2n) is 5.05. The number of nitrogens with one attached hydrogen (secondary N) is 3. The van der Waals surface area contributed by atoms with Crippen molar-refractivity contribution < 1.29 is 4.79 Å². The van der Waals surface area contributed by atoms with Crippen LogP contribution in [-0.2, 0) is 4.79 Å². The van der Waals surface area contributed by atoms with Crippen LogP contribution < -0.4 is 16.0 Å². The minimum Gasteiger partial charge on any atom is -0.357 e. The van der Waals surface area contributed by atoms with Gasteiger partial charge in [-0.05, 0) is 25.0 Å². The molecule has 3 N–H and O–H groups in total. The van der Waals surface area contributed by atoms with Crippen molar-refractivity contribution in [3.05, 3.63) is 24.5 Å². The molecule has 0 aliphatic carbocycles. The number of halogens is 1. The van der Waals surface area contributed by atoms with E-state index in [2.05, 4.69) is 39.8 Å². The first-order valence-corrected chi connectivity index (χ1v) is 7.91. The van der Waals surface area contributed by atoms with E-state index >= 15 is 0 Å². The van der Waals surface area contributed by atoms with Crippen molar-refractivity contribution in [1.29, 1.82) is 0 Å². The number of hydrogen-bond donors (Lipinski definition) is 3. The van der Waals surface area contributed by atoms with Crippen molar-refractivity contribution in [2.24, 2.45) is 10.9 Å². The lowest BCUT2D eigenvalue weighted by molar-refractivity contribution is -0.114. The SMILES string of the molecule is CCNC(=NCC(=O)Nc1cccnc1)NCC(CC)CC.I. The molecule has 0 fully saturated rings. The van der Waals surface area contributed by atoms with E-state index in [0.717, 1.165) is 25.9 Å². The number of guanidine groups is 1. The summed E-state index contributed by atoms with van der Waals surface area (Å²) in [5, 5.41) is 9.20. The maximum atomic E-state index is 11.9. The second kappa shape index (κ2) is 13.1. The van der Waals surface area contributed by atoms with Crippen LogP contribution in [0.3, 0.4) is 0 Å². The van der Waals surface area contributed by atoms with Crippen molar-refractivity contribution in [3.8, 4) is 0 Å². The van der Waals surface area contributed by atoms with Crippen molar-refractivity contribution in [3.63, 3.8) is 0 Å². The molecule has 0 bridgehead atoms. The maximum absolute atomic E-state index is 11.9. The lowest BCUT2D eigenvalue weighted by atomic mass is 10.0. The molecule has 0 aliphatic heterocycles. The summed E-state index contributed by atoms with van der Waals surface area (Å²) in [6.45, 7) is 8.07. The summed E-state index contributed by atoms with van der Waals surface area (Å²) in [7, 11) is 0. The van der Waals surface area contributed by atoms with Crippen LogP contribution in [0.1, 0.15) is 33.6 Å². The Balaban J connectivity index is 0.00000484. The van der Waals surface area contributed by atoms with Crippen LogP contribution in [0.25, 0.3) is 0 Å². The fraction of sp³-hybridized carbons (Fsp3) is 0.562. The molecule has 0 atom stereocenters. The third kappa shape index (κ3) is 9.37. The van der Waals surface area contributed by atoms with Crippen LogP contribution in [0.15, 0.2) is 29.5 Å². The largest absolute Gasteiger partial charge is 0.357 e. The summed E-state index contributed by atoms with van der Waals surface area (Å²) in [5.74, 6) is 1.14. The van der Waals surface area contributed by atoms with Gasteiger partial charge in [0, 0.05) is 19.3 Å². The van der Waals surface area contributed by atoms with Gasteiger partial charge in [-0.2, -0.15) is 0 Å². The zero-order chi connectivity index (χ0) is 16.2. The molecule has 1 aromatic rings. The molecule has 0 saturated heterocycles. The summed E-state index contributed by atoms with van der Waals surface area (Å²) in [5.41, 5.74) is 0.678. The van der Waals surface area contributed by atoms with Gasteiger partial charge in [-0.15, -0.1) is 24.0 Å². The van der Waals surface area contributed by atoms with E-state index < -0.39 is 0 Å². The van der Waals surface area contributed by atoms with Crippen LogP contribution in [0.2, 0.25) is 0 Å². The molecule has 6 nitrogen and oxygen atoms in total. The molecule has 0 spiro atoms. The summed E-state index contributed by atoms with van der Waals surface area (Å²) < 4.78 is 0. The molecule has 0 saturated carbocycles. The monoisotopic (exact) mass is 433 g/mol. The first-order valence-electron chi connectivity index (χ1n) is 7.91. The zero-order valence-electron chi connectivity index (χ0n) is 14.1. The number of anilines is 1. The Morgan fingerprint density at radius 1 is 1.26 bits per heavy atom. The lowest BCUT2D eigenvalue weighted by Crippen LogP contribution is -2.40. The Labute approximate surface area is 156 Å². The fourth-order valence-corrected chi connectivity index (χ4v) is 1.95. The molecule has 1 amide bonds. The van der Waals surface area contributed by atoms with Gasteiger partial charge in [0.15, 0.2) is 5.96 Å². The number of rotatable bonds is 8. The summed E-state index contributed by atoms with van der Waals surface area (Å²) in [4.78, 5) is 20.1. The van der Waals surface area contributed by atoms with Crippen LogP contribution in [-0.4, -0.2) is 36.5 Å². The van der Waals surface area contributed by atoms with Crippen molar-refractivity contribution >= 4 is 41.5 Å². The number of aromatic nitrogens is 1. The summed E-state index contributed by atoms with van der Waals surface area (Å²) in [6.07, 6.45) is 5.53. The molecule has 0 radical (unpaired) electrons. The molecular weight excluding hydrogens is 405 g/mol. The Morgan fingerprint density at radius 2 is 2.00 bits per heavy atom. The van der Waals surface area contributed by atoms with E-state index in [1.165, 1.54) is 0 Å². The minimum atomic E-state index is -0.160. The molecule has 1 rings (SSSR count). The van der Waals surface area contributed by atoms with Gasteiger partial charge in [-0.25, -0.2) is 4.99 Å². The van der Waals surface area contributed by atoms with Crippen molar-refractivity contribution in [2.45, 2.75) is 33.6 Å². The normalized spacial score (nSPS) is 10.9. The third-order valence-corrected chi connectivity index (χ3v) is 3.38. The Morgan fingerprint density at radius 3 is 2.57 bits per heavy atom. The molecular formula is C16H28IN5O. The van der Waals surface area contributed by atoms with Crippen LogP contribution in [0.5, 0.6) is 0 Å². The van der Waals surface area contributed by atoms with E-state index in [1.54, 1.807) is 24.5 Å². The average molecular weight is 433 g/mol. The van der Waals surface area contributed by atoms with Crippen LogP contribution in [0, 0.1) is 5.92 Å². The number of amides is 1. The number of aliphatic imine (C=N–C) groups is 1. The van der Waals surface area contributed by atoms with Crippen LogP contribution in [0.4, 0.5) is 5.69 Å². The Kier molecular flexibility index (Phi) is 12.3. The topological polar surface area (TPSA) is 78.4 Å². The van der Waals surface area contributed by atoms with E-state index in [0.29, 0.717) is 17.6 Å². The van der Waals surface area contributed by atoms with Gasteiger partial charge in [0.2, 0.25) is 5.91 Å². The Hall–Kier alpha value is -1.38. The fourth-order valence-electron chi connectivity index (χ4n) is 1.95. The van der Waals surface area contributed by atoms with Gasteiger partial charge >= 0.3 is 0 Å². The maximum Gasteiger partial charge on any atom is 0.246 e. The summed E-state index contributed by atoms with van der Waals surface area (Å²) >= 11 is 0. The predicted molar refractivity (Wildman–Crippen MR) is 106 cm³/mol. The Bertz CT molecular complexity index is 463. The van der Waals surface area contributed by atoms with Gasteiger partial charge in [0.05, 0.1) is 11.9 Å². The van der Waals surface area contributed by atoms with Gasteiger partial charge in [-0.1, -0.05) is 26.7 Å². The number of pyridine rings is 1. The van der Waals surface area contributed by atoms with E-state index in [-0.39, 0.29) is 36.4 Å². The number of nitrogens with zero attached hydrogens (tertiary/aromatic N) is 2. The minimum absolute atomic E-state index is 0. The predicted octanol–water partition coefficient (Wildman–Crippen LogP) is 2.63. The first kappa shape index (κ1) is 21.6. The molecule has 1 heterocycles. The van der Waals surface area contributed by atoms with Gasteiger partial charge in [0.1, 0.15) is 6.54 Å². The standard InChI is InChI=1S/C16H27N5O.HI/c1-4-13(5-2)10-19-16(18-6-3)20-12-15(22)21-14-8-7-9-17-11-14;/h7-9,11,13H,4-6,10,12H2,1-3H3,(H,21,22)(H2,18,19,20);1H. The first-order chi connectivity index (χ1) is 10.7. The molecule has 0 aromatic carbocycles. The van der Waals surface area contributed by atoms with E-state index in [1.807, 2.05) is 6.92 Å². The second-order valence-corrected chi connectivity index (χ2v) is 5.05. The van der Waals surface area contributed by atoms with Crippen molar-refractivity contribution in [1.82, 2.24) is 15.6 Å². The van der Waals surface area contributed by atoms with Crippen molar-refractivity contribution in [2.75, 3.05) is 25.0 Å². The highest BCUT2D eigenvalue weighted by molar-refractivity contribution is 14.0. The summed E-state index contributed by atoms with van der Waals surface area (Å²) in [6, 6.07) is 3.57. The van der Waals surface area contributed by atoms with Gasteiger partial charge in [-0.3, -0.25) is 9.78 Å². The highest BCUT2D eigenvalue weighted by Gasteiger charge is 2.06. The molecule has 7 heteroatoms. The van der Waals surface area contributed by atoms with Gasteiger partial charge < -0.3 is 16.0 Å². The number of carbonyl (C=O) groups excluding carboxylic acids is 1. The molecule has 23 heavy (non-hydrogen) atoms. The molecule has 0 aliphatic rings. The number of hydrogen-bond acceptors (Lipinski definition) is 3. The zero-order valence-corrected chi connectivity index (χ0v) is 16.5. The van der Waals surface area contributed by atoms with E-state index in [4.69, 9.17) is 0 Å². The molecule has 130 valence electrons. The van der Waals surface area contributed by atoms with E-state index in [9.17, 15) is 4.79 Å². The highest BCUT2D eigenvalue weighted by atomic mass is 127. The average Bonchev–Trinajstić information content (AvgIpc) is 2.54.